The first kappa shape index (κ1) is 32.1. The number of hydrogen-bond donors (Lipinski definition) is 8. The number of fused-ring (bicyclic) bond motifs is 20. The van der Waals surface area contributed by atoms with Crippen LogP contribution in [0.25, 0.3) is 0 Å². The van der Waals surface area contributed by atoms with Crippen LogP contribution in [0.4, 0.5) is 0 Å². The minimum absolute atomic E-state index is 0. The molecule has 0 amide bonds. The third-order valence-electron chi connectivity index (χ3n) is 13.8. The van der Waals surface area contributed by atoms with Crippen LogP contribution in [0, 0.1) is 88.2 Å². The molecule has 0 aromatic carbocycles. The molecule has 9 rings (SSSR count). The van der Waals surface area contributed by atoms with Crippen LogP contribution in [0.2, 0.25) is 0 Å². The van der Waals surface area contributed by atoms with Gasteiger partial charge in [0, 0.05) is 57.3 Å². The molecule has 8 bridgehead atoms. The minimum atomic E-state index is 0. The van der Waals surface area contributed by atoms with Gasteiger partial charge in [0.2, 0.25) is 0 Å². The van der Waals surface area contributed by atoms with Crippen LogP contribution in [0.1, 0.15) is 103 Å². The molecule has 5 saturated heterocycles. The summed E-state index contributed by atoms with van der Waals surface area (Å²) >= 11 is 0. The summed E-state index contributed by atoms with van der Waals surface area (Å²) < 4.78 is 0. The summed E-state index contributed by atoms with van der Waals surface area (Å²) in [5, 5.41) is 33.8. The van der Waals surface area contributed by atoms with Crippen molar-refractivity contribution in [2.24, 2.45) is 47.3 Å². The van der Waals surface area contributed by atoms with Gasteiger partial charge < -0.3 is 0 Å². The quantitative estimate of drug-likeness (QED) is 0.179. The molecular weight excluding hydrogens is 699 g/mol. The zero-order valence-corrected chi connectivity index (χ0v) is 29.6. The van der Waals surface area contributed by atoms with Gasteiger partial charge in [-0.1, -0.05) is 51.4 Å². The molecule has 5 heterocycles. The van der Waals surface area contributed by atoms with E-state index >= 15 is 0 Å². The number of nitrogens with one attached hydrogen (secondary N) is 8. The fourth-order valence-corrected chi connectivity index (χ4v) is 12.0. The van der Waals surface area contributed by atoms with Crippen LogP contribution in [0.5, 0.6) is 0 Å². The average molecular weight is 756 g/mol. The SMILES string of the molecule is C1CCC2C3NC(NC4NC(NC5NC(NC6NC(N3)C3CCCCC63)C3CCCCC53)C3CCCCC43)C2C1.[Nd].[Ni]. The Kier molecular flexibility index (Phi) is 10.4. The van der Waals surface area contributed by atoms with E-state index in [-0.39, 0.29) is 57.3 Å². The molecule has 0 spiro atoms. The maximum Gasteiger partial charge on any atom is 0.0628 e. The van der Waals surface area contributed by atoms with Gasteiger partial charge >= 0.3 is 0 Å². The molecule has 8 N–H and O–H groups in total. The Morgan fingerprint density at radius 3 is 0.476 bits per heavy atom. The molecule has 42 heavy (non-hydrogen) atoms. The zero-order valence-electron chi connectivity index (χ0n) is 25.4. The Hall–Kier alpha value is 1.52. The second-order valence-corrected chi connectivity index (χ2v) is 15.6. The third-order valence-corrected chi connectivity index (χ3v) is 13.8. The molecule has 238 valence electrons. The van der Waals surface area contributed by atoms with Crippen molar-refractivity contribution >= 4 is 0 Å². The Bertz CT molecular complexity index is 723. The fourth-order valence-electron chi connectivity index (χ4n) is 12.0. The van der Waals surface area contributed by atoms with Crippen LogP contribution >= 0.6 is 0 Å². The van der Waals surface area contributed by atoms with Gasteiger partial charge in [-0.25, -0.2) is 0 Å². The van der Waals surface area contributed by atoms with E-state index < -0.39 is 0 Å². The van der Waals surface area contributed by atoms with E-state index in [0.29, 0.717) is 49.3 Å². The van der Waals surface area contributed by atoms with Gasteiger partial charge in [-0.3, -0.25) is 42.5 Å². The van der Waals surface area contributed by atoms with Gasteiger partial charge in [0.1, 0.15) is 0 Å². The van der Waals surface area contributed by atoms with Crippen molar-refractivity contribution in [1.29, 1.82) is 0 Å². The van der Waals surface area contributed by atoms with Gasteiger partial charge in [0.05, 0.1) is 49.3 Å². The van der Waals surface area contributed by atoms with Crippen molar-refractivity contribution in [3.63, 3.8) is 0 Å². The summed E-state index contributed by atoms with van der Waals surface area (Å²) in [6.45, 7) is 0. The Morgan fingerprint density at radius 1 is 0.238 bits per heavy atom. The molecule has 0 radical (unpaired) electrons. The zero-order chi connectivity index (χ0) is 26.2. The summed E-state index contributed by atoms with van der Waals surface area (Å²) in [6, 6.07) is 0. The first-order valence-electron chi connectivity index (χ1n) is 17.9. The molecule has 8 nitrogen and oxygen atoms in total. The topological polar surface area (TPSA) is 96.2 Å². The molecular formula is C32H56N8NdNi. The van der Waals surface area contributed by atoms with Gasteiger partial charge in [-0.05, 0) is 98.7 Å². The van der Waals surface area contributed by atoms with E-state index in [1.165, 1.54) is 103 Å². The maximum absolute atomic E-state index is 4.26. The molecule has 0 aromatic heterocycles. The van der Waals surface area contributed by atoms with E-state index in [2.05, 4.69) is 42.5 Å². The minimum Gasteiger partial charge on any atom is -0.286 e. The maximum atomic E-state index is 4.26. The molecule has 8 unspecified atom stereocenters. The smallest absolute Gasteiger partial charge is 0.0628 e. The standard InChI is InChI=1S/C32H56N8.Nd.Ni/c1-2-10-18-17(9-1)25-33-26(18)38-28-21-13-5-6-14-22(21)30(35-28)40-32-24-16-8-7-15-23(24)31(36-32)39-29-20-12-4-3-11-19(20)27(34-29)37-25;;/h17-40H,1-16H2;;. The van der Waals surface area contributed by atoms with Crippen molar-refractivity contribution < 1.29 is 57.3 Å². The van der Waals surface area contributed by atoms with Gasteiger partial charge in [-0.2, -0.15) is 0 Å². The van der Waals surface area contributed by atoms with Gasteiger partial charge in [0.15, 0.2) is 0 Å². The van der Waals surface area contributed by atoms with E-state index in [4.69, 9.17) is 0 Å². The second kappa shape index (κ2) is 13.6. The molecule has 4 saturated carbocycles. The Morgan fingerprint density at radius 2 is 0.357 bits per heavy atom. The summed E-state index contributed by atoms with van der Waals surface area (Å²) in [7, 11) is 0. The molecule has 9 aliphatic rings. The van der Waals surface area contributed by atoms with Gasteiger partial charge in [0.25, 0.3) is 0 Å². The average Bonchev–Trinajstić information content (AvgIpc) is 3.73. The predicted octanol–water partition coefficient (Wildman–Crippen LogP) is 2.60. The number of hydrogen-bond acceptors (Lipinski definition) is 8. The largest absolute Gasteiger partial charge is 0.286 e. The summed E-state index contributed by atoms with van der Waals surface area (Å²) in [4.78, 5) is 0. The number of rotatable bonds is 0. The van der Waals surface area contributed by atoms with Crippen molar-refractivity contribution in [3.8, 4) is 0 Å². The monoisotopic (exact) mass is 752 g/mol. The molecule has 4 aliphatic carbocycles. The van der Waals surface area contributed by atoms with E-state index in [0.717, 1.165) is 47.3 Å². The normalized spacial score (nSPS) is 54.9. The molecule has 5 aliphatic heterocycles. The van der Waals surface area contributed by atoms with Crippen LogP contribution in [-0.2, 0) is 16.5 Å². The van der Waals surface area contributed by atoms with Crippen LogP contribution in [0.15, 0.2) is 0 Å². The van der Waals surface area contributed by atoms with Gasteiger partial charge in [-0.15, -0.1) is 0 Å². The Labute approximate surface area is 296 Å². The fraction of sp³-hybridized carbons (Fsp3) is 1.00. The molecule has 9 fully saturated rings. The Balaban J connectivity index is 0.00000144. The molecule has 8 atom stereocenters. The van der Waals surface area contributed by atoms with Crippen LogP contribution in [0.3, 0.4) is 0 Å². The van der Waals surface area contributed by atoms with E-state index in [9.17, 15) is 0 Å². The van der Waals surface area contributed by atoms with E-state index in [1.807, 2.05) is 0 Å². The summed E-state index contributed by atoms with van der Waals surface area (Å²) in [6.07, 6.45) is 25.6. The van der Waals surface area contributed by atoms with Crippen molar-refractivity contribution in [3.05, 3.63) is 0 Å². The van der Waals surface area contributed by atoms with Crippen LogP contribution in [-0.4, -0.2) is 49.3 Å². The van der Waals surface area contributed by atoms with E-state index in [1.54, 1.807) is 0 Å². The third kappa shape index (κ3) is 5.68. The summed E-state index contributed by atoms with van der Waals surface area (Å²) in [5.74, 6) is 5.97. The summed E-state index contributed by atoms with van der Waals surface area (Å²) in [5.41, 5.74) is 0. The van der Waals surface area contributed by atoms with Crippen molar-refractivity contribution in [1.82, 2.24) is 42.5 Å². The first-order chi connectivity index (χ1) is 19.8. The van der Waals surface area contributed by atoms with Crippen LogP contribution < -0.4 is 42.5 Å². The van der Waals surface area contributed by atoms with Crippen molar-refractivity contribution in [2.75, 3.05) is 0 Å². The second-order valence-electron chi connectivity index (χ2n) is 15.6. The first-order valence-corrected chi connectivity index (χ1v) is 17.9. The molecule has 0 aromatic rings. The van der Waals surface area contributed by atoms with Crippen molar-refractivity contribution in [2.45, 2.75) is 152 Å². The predicted molar refractivity (Wildman–Crippen MR) is 157 cm³/mol. The molecule has 10 heteroatoms.